The van der Waals surface area contributed by atoms with Crippen molar-refractivity contribution >= 4 is 15.9 Å². The normalized spacial score (nSPS) is 9.53. The lowest BCUT2D eigenvalue weighted by Gasteiger charge is -2.14. The van der Waals surface area contributed by atoms with Gasteiger partial charge in [0.05, 0.1) is 26.7 Å². The number of methoxy groups -OCH3 is 2. The number of nitrogens with zero attached hydrogens (tertiary/aromatic N) is 1. The predicted molar refractivity (Wildman–Crippen MR) is 61.3 cm³/mol. The minimum Gasteiger partial charge on any atom is -0.493 e. The Morgan fingerprint density at radius 3 is 2.53 bits per heavy atom. The zero-order valence-corrected chi connectivity index (χ0v) is 10.5. The summed E-state index contributed by atoms with van der Waals surface area (Å²) in [5.74, 6) is 1.36. The minimum atomic E-state index is 0.354. The molecule has 4 heteroatoms. The molecule has 0 unspecified atom stereocenters. The molecule has 0 aliphatic heterocycles. The van der Waals surface area contributed by atoms with Gasteiger partial charge in [0.15, 0.2) is 11.5 Å². The number of nitriles is 1. The summed E-state index contributed by atoms with van der Waals surface area (Å²) in [4.78, 5) is 0. The Hall–Kier alpha value is -1.21. The van der Waals surface area contributed by atoms with E-state index in [2.05, 4.69) is 22.0 Å². The van der Waals surface area contributed by atoms with Crippen molar-refractivity contribution < 1.29 is 9.47 Å². The molecular formula is C11H12BrNO2. The van der Waals surface area contributed by atoms with Crippen molar-refractivity contribution in [2.45, 2.75) is 13.3 Å². The zero-order valence-electron chi connectivity index (χ0n) is 8.93. The highest BCUT2D eigenvalue weighted by atomic mass is 79.9. The first kappa shape index (κ1) is 11.9. The number of rotatable bonds is 3. The van der Waals surface area contributed by atoms with Gasteiger partial charge in [0.1, 0.15) is 0 Å². The van der Waals surface area contributed by atoms with Crippen LogP contribution in [0.15, 0.2) is 10.5 Å². The largest absolute Gasteiger partial charge is 0.493 e. The fourth-order valence-electron chi connectivity index (χ4n) is 1.47. The van der Waals surface area contributed by atoms with Crippen LogP contribution in [-0.2, 0) is 6.42 Å². The smallest absolute Gasteiger partial charge is 0.164 e. The molecule has 0 aromatic heterocycles. The first-order valence-corrected chi connectivity index (χ1v) is 5.21. The third-order valence-corrected chi connectivity index (χ3v) is 2.95. The average Bonchev–Trinajstić information content (AvgIpc) is 2.23. The van der Waals surface area contributed by atoms with Gasteiger partial charge < -0.3 is 9.47 Å². The zero-order chi connectivity index (χ0) is 11.4. The summed E-state index contributed by atoms with van der Waals surface area (Å²) in [6.07, 6.45) is 0.354. The molecule has 80 valence electrons. The lowest BCUT2D eigenvalue weighted by atomic mass is 10.0. The van der Waals surface area contributed by atoms with Crippen molar-refractivity contribution in [2.75, 3.05) is 14.2 Å². The fraction of sp³-hybridized carbons (Fsp3) is 0.364. The number of halogens is 1. The van der Waals surface area contributed by atoms with Crippen LogP contribution in [0.4, 0.5) is 0 Å². The van der Waals surface area contributed by atoms with E-state index in [1.165, 1.54) is 0 Å². The molecule has 0 radical (unpaired) electrons. The maximum absolute atomic E-state index is 8.72. The van der Waals surface area contributed by atoms with E-state index in [0.717, 1.165) is 15.6 Å². The van der Waals surface area contributed by atoms with E-state index >= 15 is 0 Å². The molecule has 0 saturated carbocycles. The molecule has 0 atom stereocenters. The topological polar surface area (TPSA) is 42.2 Å². The third kappa shape index (κ3) is 2.24. The van der Waals surface area contributed by atoms with Gasteiger partial charge in [-0.1, -0.05) is 15.9 Å². The highest BCUT2D eigenvalue weighted by Gasteiger charge is 2.14. The van der Waals surface area contributed by atoms with Gasteiger partial charge in [0.25, 0.3) is 0 Å². The van der Waals surface area contributed by atoms with Crippen LogP contribution in [-0.4, -0.2) is 14.2 Å². The second kappa shape index (κ2) is 5.04. The maximum atomic E-state index is 8.72. The molecule has 1 aromatic rings. The lowest BCUT2D eigenvalue weighted by molar-refractivity contribution is 0.352. The van der Waals surface area contributed by atoms with Gasteiger partial charge in [-0.15, -0.1) is 0 Å². The molecule has 0 fully saturated rings. The Morgan fingerprint density at radius 1 is 1.40 bits per heavy atom. The number of hydrogen-bond donors (Lipinski definition) is 0. The summed E-state index contributed by atoms with van der Waals surface area (Å²) in [6.45, 7) is 1.92. The van der Waals surface area contributed by atoms with Gasteiger partial charge in [0.2, 0.25) is 0 Å². The lowest BCUT2D eigenvalue weighted by Crippen LogP contribution is -1.98. The average molecular weight is 270 g/mol. The second-order valence-corrected chi connectivity index (χ2v) is 3.89. The summed E-state index contributed by atoms with van der Waals surface area (Å²) >= 11 is 3.42. The molecule has 1 rings (SSSR count). The van der Waals surface area contributed by atoms with Crippen LogP contribution in [0.2, 0.25) is 0 Å². The SMILES string of the molecule is COc1cc(Br)c(CC#N)c(C)c1OC. The van der Waals surface area contributed by atoms with E-state index in [1.807, 2.05) is 13.0 Å². The Kier molecular flexibility index (Phi) is 3.98. The number of ether oxygens (including phenoxy) is 2. The second-order valence-electron chi connectivity index (χ2n) is 3.03. The molecule has 0 N–H and O–H groups in total. The summed E-state index contributed by atoms with van der Waals surface area (Å²) in [7, 11) is 3.18. The molecular weight excluding hydrogens is 258 g/mol. The van der Waals surface area contributed by atoms with Gasteiger partial charge in [-0.3, -0.25) is 0 Å². The highest BCUT2D eigenvalue weighted by Crippen LogP contribution is 2.37. The van der Waals surface area contributed by atoms with Crippen molar-refractivity contribution in [1.82, 2.24) is 0 Å². The van der Waals surface area contributed by atoms with Crippen molar-refractivity contribution in [3.8, 4) is 17.6 Å². The van der Waals surface area contributed by atoms with Crippen LogP contribution < -0.4 is 9.47 Å². The van der Waals surface area contributed by atoms with Crippen LogP contribution in [0.1, 0.15) is 11.1 Å². The monoisotopic (exact) mass is 269 g/mol. The molecule has 0 saturated heterocycles. The minimum absolute atomic E-state index is 0.354. The molecule has 0 bridgehead atoms. The van der Waals surface area contributed by atoms with E-state index in [1.54, 1.807) is 14.2 Å². The molecule has 0 heterocycles. The van der Waals surface area contributed by atoms with Crippen molar-refractivity contribution in [1.29, 1.82) is 5.26 Å². The van der Waals surface area contributed by atoms with Crippen molar-refractivity contribution in [3.63, 3.8) is 0 Å². The Bertz CT molecular complexity index is 410. The summed E-state index contributed by atoms with van der Waals surface area (Å²) in [5.41, 5.74) is 1.88. The van der Waals surface area contributed by atoms with Crippen LogP contribution in [0.5, 0.6) is 11.5 Å². The van der Waals surface area contributed by atoms with E-state index in [0.29, 0.717) is 17.9 Å². The number of benzene rings is 1. The van der Waals surface area contributed by atoms with Gasteiger partial charge >= 0.3 is 0 Å². The van der Waals surface area contributed by atoms with Gasteiger partial charge in [-0.25, -0.2) is 0 Å². The first-order valence-electron chi connectivity index (χ1n) is 4.42. The molecule has 0 spiro atoms. The Balaban J connectivity index is 3.39. The summed E-state index contributed by atoms with van der Waals surface area (Å²) < 4.78 is 11.3. The third-order valence-electron chi connectivity index (χ3n) is 2.24. The Labute approximate surface area is 97.7 Å². The molecule has 0 amide bonds. The van der Waals surface area contributed by atoms with Crippen LogP contribution in [0.3, 0.4) is 0 Å². The van der Waals surface area contributed by atoms with E-state index < -0.39 is 0 Å². The van der Waals surface area contributed by atoms with Crippen molar-refractivity contribution in [2.24, 2.45) is 0 Å². The maximum Gasteiger partial charge on any atom is 0.164 e. The fourth-order valence-corrected chi connectivity index (χ4v) is 2.12. The standard InChI is InChI=1S/C11H12BrNO2/c1-7-8(4-5-13)9(12)6-10(14-2)11(7)15-3/h6H,4H2,1-3H3. The van der Waals surface area contributed by atoms with Gasteiger partial charge in [-0.05, 0) is 18.6 Å². The molecule has 1 aromatic carbocycles. The van der Waals surface area contributed by atoms with Crippen LogP contribution in [0.25, 0.3) is 0 Å². The summed E-state index contributed by atoms with van der Waals surface area (Å²) in [5, 5.41) is 8.72. The predicted octanol–water partition coefficient (Wildman–Crippen LogP) is 2.84. The van der Waals surface area contributed by atoms with Crippen LogP contribution in [0, 0.1) is 18.3 Å². The van der Waals surface area contributed by atoms with Crippen molar-refractivity contribution in [3.05, 3.63) is 21.7 Å². The molecule has 15 heavy (non-hydrogen) atoms. The van der Waals surface area contributed by atoms with Gasteiger partial charge in [-0.2, -0.15) is 5.26 Å². The quantitative estimate of drug-likeness (QED) is 0.848. The first-order chi connectivity index (χ1) is 7.15. The molecule has 0 aliphatic rings. The van der Waals surface area contributed by atoms with Crippen LogP contribution >= 0.6 is 15.9 Å². The van der Waals surface area contributed by atoms with Gasteiger partial charge in [0, 0.05) is 10.0 Å². The highest BCUT2D eigenvalue weighted by molar-refractivity contribution is 9.10. The van der Waals surface area contributed by atoms with E-state index in [-0.39, 0.29) is 0 Å². The van der Waals surface area contributed by atoms with E-state index in [9.17, 15) is 0 Å². The molecule has 3 nitrogen and oxygen atoms in total. The Morgan fingerprint density at radius 2 is 2.07 bits per heavy atom. The summed E-state index contributed by atoms with van der Waals surface area (Å²) in [6, 6.07) is 3.95. The van der Waals surface area contributed by atoms with E-state index in [4.69, 9.17) is 14.7 Å². The molecule has 0 aliphatic carbocycles. The number of hydrogen-bond acceptors (Lipinski definition) is 3.